The zero-order valence-electron chi connectivity index (χ0n) is 17.7. The highest BCUT2D eigenvalue weighted by Crippen LogP contribution is 2.45. The highest BCUT2D eigenvalue weighted by Gasteiger charge is 2.48. The molecule has 1 aliphatic rings. The predicted molar refractivity (Wildman–Crippen MR) is 131 cm³/mol. The second kappa shape index (κ2) is 8.66. The van der Waals surface area contributed by atoms with Crippen molar-refractivity contribution < 1.29 is 23.8 Å². The quantitative estimate of drug-likeness (QED) is 0.201. The van der Waals surface area contributed by atoms with E-state index in [1.54, 1.807) is 43.5 Å². The van der Waals surface area contributed by atoms with Crippen LogP contribution in [-0.4, -0.2) is 28.9 Å². The summed E-state index contributed by atoms with van der Waals surface area (Å²) < 4.78 is 20.2. The maximum Gasteiger partial charge on any atom is 0.301 e. The zero-order valence-corrected chi connectivity index (χ0v) is 20.1. The molecule has 34 heavy (non-hydrogen) atoms. The SMILES string of the molecule is COc1ccc2nc(N3C(=O)C(=O)C(=C(O)c4ccc(F)cc4)[C@@H]3c3cccc(Br)c3)sc2c1. The Hall–Kier alpha value is -3.56. The molecule has 2 heterocycles. The molecule has 0 radical (unpaired) electrons. The van der Waals surface area contributed by atoms with Gasteiger partial charge in [-0.15, -0.1) is 0 Å². The van der Waals surface area contributed by atoms with Gasteiger partial charge >= 0.3 is 5.91 Å². The van der Waals surface area contributed by atoms with Crippen LogP contribution < -0.4 is 9.64 Å². The first-order valence-electron chi connectivity index (χ1n) is 10.1. The van der Waals surface area contributed by atoms with Crippen LogP contribution in [-0.2, 0) is 9.59 Å². The third kappa shape index (κ3) is 3.76. The molecule has 1 amide bonds. The number of aliphatic hydroxyl groups excluding tert-OH is 1. The Labute approximate surface area is 206 Å². The first-order valence-corrected chi connectivity index (χ1v) is 11.8. The summed E-state index contributed by atoms with van der Waals surface area (Å²) in [6.45, 7) is 0. The van der Waals surface area contributed by atoms with Gasteiger partial charge in [0, 0.05) is 10.0 Å². The van der Waals surface area contributed by atoms with E-state index in [1.807, 2.05) is 6.07 Å². The van der Waals surface area contributed by atoms with E-state index in [-0.39, 0.29) is 16.9 Å². The van der Waals surface area contributed by atoms with Crippen LogP contribution in [0.2, 0.25) is 0 Å². The average Bonchev–Trinajstić information content (AvgIpc) is 3.36. The third-order valence-electron chi connectivity index (χ3n) is 5.52. The molecule has 3 aromatic carbocycles. The number of thiazole rings is 1. The number of hydrogen-bond acceptors (Lipinski definition) is 6. The smallest absolute Gasteiger partial charge is 0.301 e. The van der Waals surface area contributed by atoms with Gasteiger partial charge in [0.25, 0.3) is 5.78 Å². The van der Waals surface area contributed by atoms with Gasteiger partial charge in [0.1, 0.15) is 17.3 Å². The Morgan fingerprint density at radius 2 is 1.88 bits per heavy atom. The lowest BCUT2D eigenvalue weighted by Crippen LogP contribution is -2.29. The lowest BCUT2D eigenvalue weighted by Gasteiger charge is -2.23. The number of hydrogen-bond donors (Lipinski definition) is 1. The molecule has 0 bridgehead atoms. The molecule has 1 N–H and O–H groups in total. The van der Waals surface area contributed by atoms with Gasteiger partial charge in [-0.2, -0.15) is 0 Å². The minimum absolute atomic E-state index is 0.0912. The summed E-state index contributed by atoms with van der Waals surface area (Å²) in [5.74, 6) is -1.87. The highest BCUT2D eigenvalue weighted by molar-refractivity contribution is 9.10. The molecule has 170 valence electrons. The lowest BCUT2D eigenvalue weighted by molar-refractivity contribution is -0.132. The second-order valence-corrected chi connectivity index (χ2v) is 9.49. The fraction of sp³-hybridized carbons (Fsp3) is 0.0800. The summed E-state index contributed by atoms with van der Waals surface area (Å²) in [5, 5.41) is 11.4. The number of nitrogens with zero attached hydrogens (tertiary/aromatic N) is 2. The molecule has 0 aliphatic carbocycles. The summed E-state index contributed by atoms with van der Waals surface area (Å²) >= 11 is 4.67. The molecule has 0 unspecified atom stereocenters. The van der Waals surface area contributed by atoms with Crippen LogP contribution in [0.25, 0.3) is 16.0 Å². The van der Waals surface area contributed by atoms with Crippen molar-refractivity contribution in [2.75, 3.05) is 12.0 Å². The standard InChI is InChI=1S/C25H16BrFN2O4S/c1-33-17-9-10-18-19(12-17)34-25(28-18)29-21(14-3-2-4-15(26)11-14)20(23(31)24(29)32)22(30)13-5-7-16(27)8-6-13/h2-12,21,30H,1H3/t21-/m0/s1. The first-order chi connectivity index (χ1) is 16.4. The maximum atomic E-state index is 13.4. The maximum absolute atomic E-state index is 13.4. The van der Waals surface area contributed by atoms with E-state index in [0.717, 1.165) is 9.17 Å². The molecule has 1 aliphatic heterocycles. The topological polar surface area (TPSA) is 79.7 Å². The first kappa shape index (κ1) is 22.2. The van der Waals surface area contributed by atoms with Gasteiger partial charge in [0.2, 0.25) is 0 Å². The molecule has 1 fully saturated rings. The van der Waals surface area contributed by atoms with E-state index >= 15 is 0 Å². The van der Waals surface area contributed by atoms with Crippen molar-refractivity contribution in [2.24, 2.45) is 0 Å². The molecule has 1 atom stereocenters. The number of carbonyl (C=O) groups excluding carboxylic acids is 2. The number of benzene rings is 3. The molecule has 1 saturated heterocycles. The van der Waals surface area contributed by atoms with Crippen molar-refractivity contribution in [1.29, 1.82) is 0 Å². The summed E-state index contributed by atoms with van der Waals surface area (Å²) in [6.07, 6.45) is 0. The van der Waals surface area contributed by atoms with Gasteiger partial charge in [-0.25, -0.2) is 9.37 Å². The lowest BCUT2D eigenvalue weighted by atomic mass is 9.95. The van der Waals surface area contributed by atoms with Crippen molar-refractivity contribution >= 4 is 60.1 Å². The van der Waals surface area contributed by atoms with Gasteiger partial charge < -0.3 is 9.84 Å². The molecular weight excluding hydrogens is 523 g/mol. The van der Waals surface area contributed by atoms with Gasteiger partial charge in [-0.05, 0) is 60.2 Å². The minimum atomic E-state index is -0.926. The van der Waals surface area contributed by atoms with E-state index < -0.39 is 23.5 Å². The van der Waals surface area contributed by atoms with Gasteiger partial charge in [-0.3, -0.25) is 14.5 Å². The zero-order chi connectivity index (χ0) is 24.0. The number of ketones is 1. The minimum Gasteiger partial charge on any atom is -0.507 e. The summed E-state index contributed by atoms with van der Waals surface area (Å²) in [6, 6.07) is 16.6. The Morgan fingerprint density at radius 1 is 1.12 bits per heavy atom. The average molecular weight is 539 g/mol. The fourth-order valence-corrected chi connectivity index (χ4v) is 5.35. The predicted octanol–water partition coefficient (Wildman–Crippen LogP) is 5.83. The number of methoxy groups -OCH3 is 1. The molecule has 5 rings (SSSR count). The number of anilines is 1. The van der Waals surface area contributed by atoms with Gasteiger partial charge in [0.05, 0.1) is 28.9 Å². The van der Waals surface area contributed by atoms with Crippen molar-refractivity contribution in [2.45, 2.75) is 6.04 Å². The molecule has 6 nitrogen and oxygen atoms in total. The largest absolute Gasteiger partial charge is 0.507 e. The Morgan fingerprint density at radius 3 is 2.59 bits per heavy atom. The van der Waals surface area contributed by atoms with Crippen LogP contribution >= 0.6 is 27.3 Å². The van der Waals surface area contributed by atoms with Gasteiger partial charge in [0.15, 0.2) is 5.13 Å². The Kier molecular flexibility index (Phi) is 5.66. The third-order valence-corrected chi connectivity index (χ3v) is 7.03. The van der Waals surface area contributed by atoms with Crippen LogP contribution in [0.15, 0.2) is 76.8 Å². The number of halogens is 2. The number of amides is 1. The van der Waals surface area contributed by atoms with Crippen LogP contribution in [0.4, 0.5) is 9.52 Å². The molecule has 0 saturated carbocycles. The number of carbonyl (C=O) groups is 2. The van der Waals surface area contributed by atoms with Crippen LogP contribution in [0, 0.1) is 5.82 Å². The summed E-state index contributed by atoms with van der Waals surface area (Å²) in [7, 11) is 1.56. The molecular formula is C25H16BrFN2O4S. The monoisotopic (exact) mass is 538 g/mol. The summed E-state index contributed by atoms with van der Waals surface area (Å²) in [4.78, 5) is 32.4. The van der Waals surface area contributed by atoms with E-state index in [0.29, 0.717) is 22.0 Å². The van der Waals surface area contributed by atoms with Gasteiger partial charge in [-0.1, -0.05) is 39.4 Å². The number of aliphatic hydroxyl groups is 1. The summed E-state index contributed by atoms with van der Waals surface area (Å²) in [5.41, 5.74) is 1.39. The van der Waals surface area contributed by atoms with E-state index in [9.17, 15) is 19.1 Å². The molecule has 1 aromatic heterocycles. The Bertz CT molecular complexity index is 1480. The molecule has 0 spiro atoms. The number of rotatable bonds is 4. The second-order valence-electron chi connectivity index (χ2n) is 7.56. The number of fused-ring (bicyclic) bond motifs is 1. The number of aromatic nitrogens is 1. The van der Waals surface area contributed by atoms with Crippen LogP contribution in [0.3, 0.4) is 0 Å². The molecule has 4 aromatic rings. The van der Waals surface area contributed by atoms with Crippen molar-refractivity contribution in [3.8, 4) is 5.75 Å². The molecule has 9 heteroatoms. The van der Waals surface area contributed by atoms with E-state index in [2.05, 4.69) is 20.9 Å². The Balaban J connectivity index is 1.72. The van der Waals surface area contributed by atoms with E-state index in [1.165, 1.54) is 40.5 Å². The normalized spacial score (nSPS) is 17.5. The van der Waals surface area contributed by atoms with Crippen molar-refractivity contribution in [3.05, 3.63) is 93.7 Å². The van der Waals surface area contributed by atoms with Crippen molar-refractivity contribution in [1.82, 2.24) is 4.98 Å². The number of ether oxygens (including phenoxy) is 1. The highest BCUT2D eigenvalue weighted by atomic mass is 79.9. The van der Waals surface area contributed by atoms with Crippen molar-refractivity contribution in [3.63, 3.8) is 0 Å². The number of Topliss-reactive ketones (excluding diaryl/α,β-unsaturated/α-hetero) is 1. The fourth-order valence-electron chi connectivity index (χ4n) is 3.91. The van der Waals surface area contributed by atoms with Crippen LogP contribution in [0.5, 0.6) is 5.75 Å². The van der Waals surface area contributed by atoms with E-state index in [4.69, 9.17) is 4.74 Å². The van der Waals surface area contributed by atoms with Crippen LogP contribution in [0.1, 0.15) is 17.2 Å².